The van der Waals surface area contributed by atoms with Crippen molar-refractivity contribution in [3.05, 3.63) is 498 Å². The summed E-state index contributed by atoms with van der Waals surface area (Å²) in [5.74, 6) is 0. The predicted octanol–water partition coefficient (Wildman–Crippen LogP) is 33.6. The molecule has 0 radical (unpaired) electrons. The van der Waals surface area contributed by atoms with Crippen LogP contribution in [0, 0.1) is 0 Å². The molecule has 0 spiro atoms. The average Bonchev–Trinajstić information content (AvgIpc) is 1.57. The van der Waals surface area contributed by atoms with Gasteiger partial charge in [-0.15, -0.1) is 0 Å². The van der Waals surface area contributed by atoms with Gasteiger partial charge in [-0.3, -0.25) is 29.9 Å². The van der Waals surface area contributed by atoms with Crippen molar-refractivity contribution in [3.63, 3.8) is 0 Å². The molecule has 19 aromatic carbocycles. The molecule has 31 aromatic rings. The zero-order valence-corrected chi connectivity index (χ0v) is 77.7. The minimum atomic E-state index is 0.994. The highest BCUT2D eigenvalue weighted by atomic mass is 15.0. The number of rotatable bonds is 10. The van der Waals surface area contributed by atoms with Gasteiger partial charge in [-0.2, -0.15) is 0 Å². The van der Waals surface area contributed by atoms with Crippen LogP contribution in [0.4, 0.5) is 0 Å². The molecule has 12 heteroatoms. The van der Waals surface area contributed by atoms with E-state index in [1.54, 1.807) is 0 Å². The number of aromatic nitrogens is 12. The van der Waals surface area contributed by atoms with Crippen LogP contribution >= 0.6 is 0 Å². The van der Waals surface area contributed by atoms with Crippen LogP contribution in [0.2, 0.25) is 0 Å². The second kappa shape index (κ2) is 33.1. The van der Waals surface area contributed by atoms with E-state index in [1.165, 1.54) is 126 Å². The standard InChI is InChI=1S/C48H30N4.2C42H26N4/c1-3-11-31(12-4-1)32-19-23-36(24-20-32)51-44-26-22-33(27-40(44)47-38-15-7-9-17-42(38)50-30-46(47)51)34-21-25-37-41-29-49-43-18-10-8-16-39(43)48(41)52(45(37)28-34)35-13-5-2-6-14-35;2*1-3-11-29(12-4-1)45-38-22-20-27(23-34(38)41-32-15-7-9-17-36(32)44-26-40(41)45)28-19-21-31-35-25-43-37-18-10-8-16-33(37)42(35)46(39(31)24-28)30-13-5-2-6-14-30/h1-30H;2*1-26H. The molecule has 0 aliphatic carbocycles. The van der Waals surface area contributed by atoms with Gasteiger partial charge in [-0.1, -0.05) is 297 Å². The van der Waals surface area contributed by atoms with Crippen molar-refractivity contribution in [1.82, 2.24) is 57.3 Å². The Morgan fingerprint density at radius 3 is 0.632 bits per heavy atom. The van der Waals surface area contributed by atoms with Crippen LogP contribution in [-0.2, 0) is 0 Å². The quantitative estimate of drug-likeness (QED) is 0.135. The molecule has 12 nitrogen and oxygen atoms in total. The highest BCUT2D eigenvalue weighted by Crippen LogP contribution is 2.48. The van der Waals surface area contributed by atoms with Gasteiger partial charge in [-0.05, 0) is 208 Å². The lowest BCUT2D eigenvalue weighted by Gasteiger charge is -2.11. The smallest absolute Gasteiger partial charge is 0.0730 e. The summed E-state index contributed by atoms with van der Waals surface area (Å²) in [6, 6.07) is 164. The maximum Gasteiger partial charge on any atom is 0.0730 e. The molecule has 0 unspecified atom stereocenters. The van der Waals surface area contributed by atoms with E-state index < -0.39 is 0 Å². The summed E-state index contributed by atoms with van der Waals surface area (Å²) in [5.41, 5.74) is 36.0. The van der Waals surface area contributed by atoms with E-state index in [2.05, 4.69) is 488 Å². The van der Waals surface area contributed by atoms with Gasteiger partial charge < -0.3 is 27.4 Å². The van der Waals surface area contributed by atoms with Gasteiger partial charge in [0, 0.05) is 150 Å². The Morgan fingerprint density at radius 2 is 0.333 bits per heavy atom. The van der Waals surface area contributed by atoms with Crippen LogP contribution in [-0.4, -0.2) is 57.3 Å². The molecule has 0 saturated heterocycles. The summed E-state index contributed by atoms with van der Waals surface area (Å²) in [4.78, 5) is 29.2. The molecule has 0 saturated carbocycles. The number of hydrogen-bond acceptors (Lipinski definition) is 6. The molecule has 12 heterocycles. The lowest BCUT2D eigenvalue weighted by Crippen LogP contribution is -1.95. The highest BCUT2D eigenvalue weighted by molar-refractivity contribution is 6.26. The minimum absolute atomic E-state index is 0.994. The maximum atomic E-state index is 4.92. The molecule has 670 valence electrons. The summed E-state index contributed by atoms with van der Waals surface area (Å²) >= 11 is 0. The van der Waals surface area contributed by atoms with Gasteiger partial charge in [0.05, 0.1) is 118 Å². The summed E-state index contributed by atoms with van der Waals surface area (Å²) in [6.45, 7) is 0. The third-order valence-electron chi connectivity index (χ3n) is 29.3. The monoisotopic (exact) mass is 1830 g/mol. The minimum Gasteiger partial charge on any atom is -0.308 e. The summed E-state index contributed by atoms with van der Waals surface area (Å²) < 4.78 is 14.2. The van der Waals surface area contributed by atoms with Crippen LogP contribution in [0.3, 0.4) is 0 Å². The third kappa shape index (κ3) is 13.0. The predicted molar refractivity (Wildman–Crippen MR) is 599 cm³/mol. The van der Waals surface area contributed by atoms with Crippen molar-refractivity contribution in [2.24, 2.45) is 0 Å². The van der Waals surface area contributed by atoms with Crippen LogP contribution < -0.4 is 0 Å². The average molecular weight is 1840 g/mol. The van der Waals surface area contributed by atoms with E-state index >= 15 is 0 Å². The molecule has 144 heavy (non-hydrogen) atoms. The summed E-state index contributed by atoms with van der Waals surface area (Å²) in [5, 5.41) is 21.3. The Kier molecular flexibility index (Phi) is 18.8. The molecule has 0 fully saturated rings. The molecule has 0 N–H and O–H groups in total. The molecule has 31 rings (SSSR count). The molecule has 0 bridgehead atoms. The lowest BCUT2D eigenvalue weighted by atomic mass is 10.00. The van der Waals surface area contributed by atoms with E-state index in [-0.39, 0.29) is 0 Å². The fraction of sp³-hybridized carbons (Fsp3) is 0. The van der Waals surface area contributed by atoms with E-state index in [9.17, 15) is 0 Å². The van der Waals surface area contributed by atoms with Gasteiger partial charge in [-0.25, -0.2) is 0 Å². The van der Waals surface area contributed by atoms with Crippen molar-refractivity contribution in [1.29, 1.82) is 0 Å². The second-order valence-corrected chi connectivity index (χ2v) is 37.2. The number of para-hydroxylation sites is 11. The zero-order valence-electron chi connectivity index (χ0n) is 77.7. The normalized spacial score (nSPS) is 11.9. The van der Waals surface area contributed by atoms with Crippen LogP contribution in [0.1, 0.15) is 0 Å². The molecule has 0 atom stereocenters. The van der Waals surface area contributed by atoms with Gasteiger partial charge in [0.25, 0.3) is 0 Å². The van der Waals surface area contributed by atoms with E-state index in [4.69, 9.17) is 29.9 Å². The first-order valence-electron chi connectivity index (χ1n) is 48.8. The molecular weight excluding hydrogens is 1750 g/mol. The Hall–Kier alpha value is -19.6. The zero-order chi connectivity index (χ0) is 94.6. The van der Waals surface area contributed by atoms with Gasteiger partial charge in [0.15, 0.2) is 0 Å². The van der Waals surface area contributed by atoms with Crippen molar-refractivity contribution in [2.45, 2.75) is 0 Å². The summed E-state index contributed by atoms with van der Waals surface area (Å²) in [7, 11) is 0. The lowest BCUT2D eigenvalue weighted by molar-refractivity contribution is 1.17. The topological polar surface area (TPSA) is 107 Å². The number of hydrogen-bond donors (Lipinski definition) is 0. The first-order valence-corrected chi connectivity index (χ1v) is 48.8. The number of nitrogens with zero attached hydrogens (tertiary/aromatic N) is 12. The first-order chi connectivity index (χ1) is 71.5. The summed E-state index contributed by atoms with van der Waals surface area (Å²) in [6.07, 6.45) is 12.2. The van der Waals surface area contributed by atoms with Crippen molar-refractivity contribution < 1.29 is 0 Å². The van der Waals surface area contributed by atoms with Crippen LogP contribution in [0.15, 0.2) is 498 Å². The van der Waals surface area contributed by atoms with Crippen molar-refractivity contribution >= 4 is 196 Å². The van der Waals surface area contributed by atoms with E-state index in [0.29, 0.717) is 0 Å². The highest BCUT2D eigenvalue weighted by Gasteiger charge is 2.26. The maximum absolute atomic E-state index is 4.92. The van der Waals surface area contributed by atoms with Crippen molar-refractivity contribution in [2.75, 3.05) is 0 Å². The van der Waals surface area contributed by atoms with Gasteiger partial charge in [0.2, 0.25) is 0 Å². The number of pyridine rings is 6. The van der Waals surface area contributed by atoms with Gasteiger partial charge in [0.1, 0.15) is 0 Å². The molecule has 12 aromatic heterocycles. The Bertz CT molecular complexity index is 10300. The number of benzene rings is 19. The van der Waals surface area contributed by atoms with E-state index in [1.807, 2.05) is 37.2 Å². The second-order valence-electron chi connectivity index (χ2n) is 37.2. The van der Waals surface area contributed by atoms with Gasteiger partial charge >= 0.3 is 0 Å². The molecule has 0 amide bonds. The molecule has 0 aliphatic rings. The fourth-order valence-electron chi connectivity index (χ4n) is 22.9. The fourth-order valence-corrected chi connectivity index (χ4v) is 22.9. The third-order valence-corrected chi connectivity index (χ3v) is 29.3. The first kappa shape index (κ1) is 81.6. The SMILES string of the molecule is c1ccc(-c2ccc(-n3c4ccc(-c5ccc6c7cnc8ccccc8c7n(-c7ccccc7)c6c5)cc4c4c5ccccc5ncc43)cc2)cc1.c1ccc(-n2c3ccc(-c4ccc5c6cnc7ccccc7c6n(-c6ccccc6)c5c4)cc3c3c4ccccc4ncc32)cc1.c1ccc(-n2c3ccc(-c4ccc5c6cnc7ccccc7c6n(-c6ccccc6)c5c4)cc3c3c4ccccc4ncc32)cc1. The Balaban J connectivity index is 0.000000103. The Labute approximate surface area is 824 Å². The van der Waals surface area contributed by atoms with E-state index in [0.717, 1.165) is 149 Å². The van der Waals surface area contributed by atoms with Crippen LogP contribution in [0.25, 0.3) is 275 Å². The van der Waals surface area contributed by atoms with Crippen LogP contribution in [0.5, 0.6) is 0 Å². The Morgan fingerprint density at radius 1 is 0.118 bits per heavy atom. The largest absolute Gasteiger partial charge is 0.308 e. The van der Waals surface area contributed by atoms with Crippen molar-refractivity contribution in [3.8, 4) is 78.6 Å². The molecular formula is C132H82N12. The molecule has 0 aliphatic heterocycles. The number of fused-ring (bicyclic) bond motifs is 30.